The number of rotatable bonds is 13. The molecule has 0 atom stereocenters. The number of hydrogen-bond acceptors (Lipinski definition) is 0. The smallest absolute Gasteiger partial charge is 0.212 e. The number of halogens is 2. The second-order valence-corrected chi connectivity index (χ2v) is 9.06. The highest BCUT2D eigenvalue weighted by Crippen LogP contribution is 2.13. The van der Waals surface area contributed by atoms with Gasteiger partial charge in [0.1, 0.15) is 13.1 Å². The molecule has 2 heterocycles. The van der Waals surface area contributed by atoms with Gasteiger partial charge in [-0.3, -0.25) is 0 Å². The molecule has 2 aromatic heterocycles. The van der Waals surface area contributed by atoms with Crippen molar-refractivity contribution in [2.24, 2.45) is 0 Å². The van der Waals surface area contributed by atoms with Crippen LogP contribution in [0, 0.1) is 0 Å². The largest absolute Gasteiger partial charge is 1.00 e. The zero-order valence-corrected chi connectivity index (χ0v) is 23.4. The predicted molar refractivity (Wildman–Crippen MR) is 134 cm³/mol. The Morgan fingerprint density at radius 1 is 0.382 bits per heavy atom. The van der Waals surface area contributed by atoms with Gasteiger partial charge in [0.15, 0.2) is 12.4 Å². The number of hydrogen-bond donors (Lipinski definition) is 0. The van der Waals surface area contributed by atoms with E-state index in [2.05, 4.69) is 94.3 Å². The summed E-state index contributed by atoms with van der Waals surface area (Å²) < 4.78 is 4.82. The number of benzene rings is 2. The van der Waals surface area contributed by atoms with E-state index in [1.165, 1.54) is 86.0 Å². The maximum absolute atomic E-state index is 2.41. The zero-order valence-electron chi connectivity index (χ0n) is 20.2. The van der Waals surface area contributed by atoms with Crippen molar-refractivity contribution in [3.63, 3.8) is 0 Å². The van der Waals surface area contributed by atoms with Crippen LogP contribution in [-0.2, 0) is 13.1 Å². The number of unbranched alkanes of at least 4 members (excludes halogenated alkanes) is 9. The molecule has 2 aromatic carbocycles. The second kappa shape index (κ2) is 16.0. The summed E-state index contributed by atoms with van der Waals surface area (Å²) in [6.07, 6.45) is 18.1. The number of fused-ring (bicyclic) bond motifs is 2. The van der Waals surface area contributed by atoms with E-state index in [9.17, 15) is 0 Å². The number of aryl methyl sites for hydroxylation is 2. The Morgan fingerprint density at radius 2 is 0.706 bits per heavy atom. The number of para-hydroxylation sites is 2. The van der Waals surface area contributed by atoms with E-state index in [0.29, 0.717) is 0 Å². The van der Waals surface area contributed by atoms with Crippen molar-refractivity contribution >= 4 is 21.8 Å². The summed E-state index contributed by atoms with van der Waals surface area (Å²) in [6.45, 7) is 2.27. The Morgan fingerprint density at radius 3 is 1.12 bits per heavy atom. The average Bonchev–Trinajstić information content (AvgIpc) is 2.85. The third-order valence-corrected chi connectivity index (χ3v) is 6.62. The Bertz CT molecular complexity index is 1010. The first kappa shape index (κ1) is 28.5. The molecular formula is C30H38Br2N2. The average molecular weight is 586 g/mol. The van der Waals surface area contributed by atoms with E-state index in [0.717, 1.165) is 13.1 Å². The highest BCUT2D eigenvalue weighted by molar-refractivity contribution is 5.75. The fraction of sp³-hybridized carbons (Fsp3) is 0.400. The van der Waals surface area contributed by atoms with Gasteiger partial charge >= 0.3 is 0 Å². The SMILES string of the molecule is [Br-].[Br-].c1ccc2c(c1)ccc[n+]2CCCCCCCCCCCC[n+]1cccc2ccccc21. The van der Waals surface area contributed by atoms with Gasteiger partial charge in [0.25, 0.3) is 0 Å². The molecule has 182 valence electrons. The maximum atomic E-state index is 2.41. The van der Waals surface area contributed by atoms with Crippen LogP contribution >= 0.6 is 0 Å². The minimum atomic E-state index is 0. The van der Waals surface area contributed by atoms with Gasteiger partial charge in [-0.2, -0.15) is 9.13 Å². The van der Waals surface area contributed by atoms with Crippen LogP contribution in [0.15, 0.2) is 85.2 Å². The van der Waals surface area contributed by atoms with Crippen LogP contribution in [0.3, 0.4) is 0 Å². The highest BCUT2D eigenvalue weighted by atomic mass is 79.9. The van der Waals surface area contributed by atoms with Gasteiger partial charge in [0.05, 0.1) is 0 Å². The molecule has 34 heavy (non-hydrogen) atoms. The molecule has 4 rings (SSSR count). The molecule has 0 aliphatic carbocycles. The Labute approximate surface area is 226 Å². The molecule has 0 radical (unpaired) electrons. The lowest BCUT2D eigenvalue weighted by Gasteiger charge is -2.04. The molecule has 0 aliphatic rings. The first-order valence-corrected chi connectivity index (χ1v) is 12.7. The van der Waals surface area contributed by atoms with Gasteiger partial charge in [-0.1, -0.05) is 62.8 Å². The van der Waals surface area contributed by atoms with E-state index in [1.54, 1.807) is 0 Å². The summed E-state index contributed by atoms with van der Waals surface area (Å²) >= 11 is 0. The molecule has 0 bridgehead atoms. The Kier molecular flexibility index (Phi) is 13.4. The Hall–Kier alpha value is -1.78. The van der Waals surface area contributed by atoms with Crippen LogP contribution < -0.4 is 43.1 Å². The second-order valence-electron chi connectivity index (χ2n) is 9.06. The molecule has 0 saturated carbocycles. The lowest BCUT2D eigenvalue weighted by atomic mass is 10.1. The standard InChI is InChI=1S/C30H38N2.2BrH/c1(3-5-7-13-23-31-25-15-19-27-17-9-11-21-29(27)31)2-4-6-8-14-24-32-26-16-20-28-18-10-12-22-30(28)32;;/h9-12,15-22,25-26H,1-8,13-14,23-24H2;2*1H/q+2;;/p-2. The van der Waals surface area contributed by atoms with Crippen molar-refractivity contribution in [3.05, 3.63) is 85.2 Å². The van der Waals surface area contributed by atoms with E-state index in [1.807, 2.05) is 0 Å². The van der Waals surface area contributed by atoms with Gasteiger partial charge in [-0.05, 0) is 37.1 Å². The Balaban J connectivity index is 0.00000204. The van der Waals surface area contributed by atoms with Crippen LogP contribution in [0.2, 0.25) is 0 Å². The maximum Gasteiger partial charge on any atom is 0.212 e. The number of aromatic nitrogens is 2. The molecule has 0 amide bonds. The first-order chi connectivity index (χ1) is 15.9. The van der Waals surface area contributed by atoms with Gasteiger partial charge in [0, 0.05) is 47.9 Å². The van der Waals surface area contributed by atoms with Crippen molar-refractivity contribution in [2.75, 3.05) is 0 Å². The van der Waals surface area contributed by atoms with Crippen molar-refractivity contribution in [1.29, 1.82) is 0 Å². The fourth-order valence-electron chi connectivity index (χ4n) is 4.81. The monoisotopic (exact) mass is 584 g/mol. The molecule has 2 nitrogen and oxygen atoms in total. The minimum absolute atomic E-state index is 0. The lowest BCUT2D eigenvalue weighted by Crippen LogP contribution is -3.00. The normalized spacial score (nSPS) is 10.7. The molecule has 0 N–H and O–H groups in total. The summed E-state index contributed by atoms with van der Waals surface area (Å²) in [7, 11) is 0. The highest BCUT2D eigenvalue weighted by Gasteiger charge is 2.07. The van der Waals surface area contributed by atoms with Crippen LogP contribution in [-0.4, -0.2) is 0 Å². The quantitative estimate of drug-likeness (QED) is 0.164. The molecular weight excluding hydrogens is 548 g/mol. The van der Waals surface area contributed by atoms with Crippen LogP contribution in [0.25, 0.3) is 21.8 Å². The van der Waals surface area contributed by atoms with Crippen molar-refractivity contribution in [2.45, 2.75) is 77.3 Å². The minimum Gasteiger partial charge on any atom is -1.00 e. The van der Waals surface area contributed by atoms with E-state index in [-0.39, 0.29) is 34.0 Å². The van der Waals surface area contributed by atoms with E-state index < -0.39 is 0 Å². The summed E-state index contributed by atoms with van der Waals surface area (Å²) in [5, 5.41) is 2.68. The third-order valence-electron chi connectivity index (χ3n) is 6.62. The third kappa shape index (κ3) is 8.46. The van der Waals surface area contributed by atoms with Crippen molar-refractivity contribution < 1.29 is 43.1 Å². The van der Waals surface area contributed by atoms with Crippen LogP contribution in [0.1, 0.15) is 64.2 Å². The summed E-state index contributed by atoms with van der Waals surface area (Å²) in [5.41, 5.74) is 2.71. The summed E-state index contributed by atoms with van der Waals surface area (Å²) in [6, 6.07) is 26.1. The first-order valence-electron chi connectivity index (χ1n) is 12.7. The molecule has 0 spiro atoms. The number of pyridine rings is 2. The molecule has 0 fully saturated rings. The van der Waals surface area contributed by atoms with Crippen molar-refractivity contribution in [1.82, 2.24) is 0 Å². The fourth-order valence-corrected chi connectivity index (χ4v) is 4.81. The molecule has 4 aromatic rings. The summed E-state index contributed by atoms with van der Waals surface area (Å²) in [5.74, 6) is 0. The number of nitrogens with zero attached hydrogens (tertiary/aromatic N) is 2. The van der Waals surface area contributed by atoms with E-state index in [4.69, 9.17) is 0 Å². The topological polar surface area (TPSA) is 7.76 Å². The molecule has 4 heteroatoms. The molecule has 0 aliphatic heterocycles. The predicted octanol–water partition coefficient (Wildman–Crippen LogP) is 1.18. The lowest BCUT2D eigenvalue weighted by molar-refractivity contribution is -0.672. The van der Waals surface area contributed by atoms with Crippen LogP contribution in [0.5, 0.6) is 0 Å². The van der Waals surface area contributed by atoms with Crippen molar-refractivity contribution in [3.8, 4) is 0 Å². The zero-order chi connectivity index (χ0) is 21.8. The van der Waals surface area contributed by atoms with Gasteiger partial charge < -0.3 is 34.0 Å². The van der Waals surface area contributed by atoms with Crippen LogP contribution in [0.4, 0.5) is 0 Å². The van der Waals surface area contributed by atoms with E-state index >= 15 is 0 Å². The van der Waals surface area contributed by atoms with Gasteiger partial charge in [0.2, 0.25) is 11.0 Å². The molecule has 0 saturated heterocycles. The van der Waals surface area contributed by atoms with Gasteiger partial charge in [-0.15, -0.1) is 0 Å². The summed E-state index contributed by atoms with van der Waals surface area (Å²) in [4.78, 5) is 0. The van der Waals surface area contributed by atoms with Gasteiger partial charge in [-0.25, -0.2) is 0 Å². The molecule has 0 unspecified atom stereocenters.